The minimum Gasteiger partial charge on any atom is -0.497 e. The van der Waals surface area contributed by atoms with Crippen LogP contribution in [0.5, 0.6) is 5.75 Å². The number of rotatable bonds is 5. The Labute approximate surface area is 144 Å². The molecule has 2 aromatic rings. The average Bonchev–Trinajstić information content (AvgIpc) is 3.30. The number of carbonyl (C=O) groups is 2. The molecule has 132 valence electrons. The van der Waals surface area contributed by atoms with Gasteiger partial charge in [-0.05, 0) is 31.0 Å². The highest BCUT2D eigenvalue weighted by Gasteiger charge is 2.34. The summed E-state index contributed by atoms with van der Waals surface area (Å²) in [5.41, 5.74) is 0.739. The molecule has 1 amide bonds. The van der Waals surface area contributed by atoms with Crippen LogP contribution in [0.3, 0.4) is 0 Å². The van der Waals surface area contributed by atoms with Gasteiger partial charge in [0.15, 0.2) is 0 Å². The van der Waals surface area contributed by atoms with Crippen molar-refractivity contribution >= 4 is 11.9 Å². The van der Waals surface area contributed by atoms with Crippen molar-refractivity contribution in [2.24, 2.45) is 0 Å². The third-order valence-corrected chi connectivity index (χ3v) is 4.14. The van der Waals surface area contributed by atoms with Gasteiger partial charge in [-0.2, -0.15) is 0 Å². The van der Waals surface area contributed by atoms with Crippen LogP contribution >= 0.6 is 0 Å². The van der Waals surface area contributed by atoms with E-state index in [0.717, 1.165) is 12.0 Å². The van der Waals surface area contributed by atoms with Gasteiger partial charge in [0, 0.05) is 12.1 Å². The third-order valence-electron chi connectivity index (χ3n) is 4.14. The maximum atomic E-state index is 12.3. The number of amides is 1. The first kappa shape index (κ1) is 16.9. The molecule has 1 aliphatic rings. The first-order chi connectivity index (χ1) is 12.1. The van der Waals surface area contributed by atoms with E-state index < -0.39 is 5.97 Å². The molecule has 1 fully saturated rings. The van der Waals surface area contributed by atoms with Crippen LogP contribution in [-0.2, 0) is 14.3 Å². The molecule has 25 heavy (non-hydrogen) atoms. The zero-order chi connectivity index (χ0) is 17.8. The predicted octanol–water partition coefficient (Wildman–Crippen LogP) is 1.97. The molecule has 0 radical (unpaired) electrons. The molecule has 1 unspecified atom stereocenters. The lowest BCUT2D eigenvalue weighted by Crippen LogP contribution is -2.32. The maximum Gasteiger partial charge on any atom is 0.315 e. The minimum atomic E-state index is -0.557. The van der Waals surface area contributed by atoms with Gasteiger partial charge in [0.25, 0.3) is 0 Å². The number of benzene rings is 1. The summed E-state index contributed by atoms with van der Waals surface area (Å²) in [7, 11) is 2.84. The van der Waals surface area contributed by atoms with Gasteiger partial charge in [-0.25, -0.2) is 0 Å². The summed E-state index contributed by atoms with van der Waals surface area (Å²) >= 11 is 0. The van der Waals surface area contributed by atoms with Crippen molar-refractivity contribution in [2.45, 2.75) is 25.3 Å². The van der Waals surface area contributed by atoms with Gasteiger partial charge in [0.1, 0.15) is 18.2 Å². The lowest BCUT2D eigenvalue weighted by Gasteiger charge is -2.21. The van der Waals surface area contributed by atoms with Crippen LogP contribution in [0.15, 0.2) is 28.7 Å². The van der Waals surface area contributed by atoms with Gasteiger partial charge in [-0.1, -0.05) is 6.07 Å². The van der Waals surface area contributed by atoms with E-state index in [2.05, 4.69) is 14.9 Å². The number of methoxy groups -OCH3 is 2. The minimum absolute atomic E-state index is 0.288. The Kier molecular flexibility index (Phi) is 4.97. The number of ether oxygens (including phenoxy) is 2. The normalized spacial score (nSPS) is 16.7. The number of hydrogen-bond acceptors (Lipinski definition) is 7. The summed E-state index contributed by atoms with van der Waals surface area (Å²) in [5.74, 6) is 0.566. The molecular weight excluding hydrogens is 326 g/mol. The molecule has 0 N–H and O–H groups in total. The van der Waals surface area contributed by atoms with Crippen molar-refractivity contribution in [1.82, 2.24) is 15.1 Å². The van der Waals surface area contributed by atoms with Crippen molar-refractivity contribution in [3.8, 4) is 17.2 Å². The second kappa shape index (κ2) is 7.33. The molecule has 8 heteroatoms. The number of aromatic nitrogens is 2. The number of carbonyl (C=O) groups excluding carboxylic acids is 2. The van der Waals surface area contributed by atoms with Crippen LogP contribution < -0.4 is 4.74 Å². The van der Waals surface area contributed by atoms with Gasteiger partial charge in [0.05, 0.1) is 14.2 Å². The average molecular weight is 345 g/mol. The van der Waals surface area contributed by atoms with E-state index in [0.29, 0.717) is 30.5 Å². The van der Waals surface area contributed by atoms with Crippen molar-refractivity contribution in [3.05, 3.63) is 30.2 Å². The molecule has 8 nitrogen and oxygen atoms in total. The second-order valence-electron chi connectivity index (χ2n) is 5.68. The molecule has 1 aliphatic heterocycles. The number of hydrogen-bond donors (Lipinski definition) is 0. The third kappa shape index (κ3) is 3.62. The van der Waals surface area contributed by atoms with E-state index in [1.807, 2.05) is 18.2 Å². The second-order valence-corrected chi connectivity index (χ2v) is 5.68. The van der Waals surface area contributed by atoms with Crippen molar-refractivity contribution in [2.75, 3.05) is 20.8 Å². The van der Waals surface area contributed by atoms with E-state index >= 15 is 0 Å². The van der Waals surface area contributed by atoms with E-state index in [-0.39, 0.29) is 18.4 Å². The molecule has 2 heterocycles. The molecule has 0 aliphatic carbocycles. The topological polar surface area (TPSA) is 94.8 Å². The van der Waals surface area contributed by atoms with Gasteiger partial charge in [-0.15, -0.1) is 10.2 Å². The highest BCUT2D eigenvalue weighted by Crippen LogP contribution is 2.33. The quantitative estimate of drug-likeness (QED) is 0.604. The standard InChI is InChI=1S/C17H19N3O5/c1-23-12-6-3-5-11(9-12)16-18-19-17(25-16)13-7-4-8-20(13)14(21)10-15(22)24-2/h3,5-6,9,13H,4,7-8,10H2,1-2H3. The Bertz CT molecular complexity index is 773. The lowest BCUT2D eigenvalue weighted by atomic mass is 10.2. The van der Waals surface area contributed by atoms with E-state index in [9.17, 15) is 9.59 Å². The molecule has 0 bridgehead atoms. The zero-order valence-electron chi connectivity index (χ0n) is 14.1. The Morgan fingerprint density at radius 1 is 1.32 bits per heavy atom. The Balaban J connectivity index is 1.78. The number of likely N-dealkylation sites (tertiary alicyclic amines) is 1. The maximum absolute atomic E-state index is 12.3. The number of esters is 1. The molecular formula is C17H19N3O5. The van der Waals surface area contributed by atoms with Crippen LogP contribution in [0, 0.1) is 0 Å². The zero-order valence-corrected chi connectivity index (χ0v) is 14.1. The van der Waals surface area contributed by atoms with E-state index in [1.165, 1.54) is 7.11 Å². The van der Waals surface area contributed by atoms with Crippen LogP contribution in [0.4, 0.5) is 0 Å². The molecule has 1 aromatic heterocycles. The van der Waals surface area contributed by atoms with Gasteiger partial charge >= 0.3 is 5.97 Å². The van der Waals surface area contributed by atoms with Gasteiger partial charge in [-0.3, -0.25) is 9.59 Å². The largest absolute Gasteiger partial charge is 0.497 e. The summed E-state index contributed by atoms with van der Waals surface area (Å²) in [6, 6.07) is 6.98. The fourth-order valence-corrected chi connectivity index (χ4v) is 2.86. The SMILES string of the molecule is COC(=O)CC(=O)N1CCCC1c1nnc(-c2cccc(OC)c2)o1. The summed E-state index contributed by atoms with van der Waals surface area (Å²) in [6.07, 6.45) is 1.24. The summed E-state index contributed by atoms with van der Waals surface area (Å²) < 4.78 is 15.5. The molecule has 0 spiro atoms. The Hall–Kier alpha value is -2.90. The van der Waals surface area contributed by atoms with Gasteiger partial charge in [0.2, 0.25) is 17.7 Å². The fourth-order valence-electron chi connectivity index (χ4n) is 2.86. The fraction of sp³-hybridized carbons (Fsp3) is 0.412. The van der Waals surface area contributed by atoms with Crippen LogP contribution in [0.2, 0.25) is 0 Å². The highest BCUT2D eigenvalue weighted by molar-refractivity contribution is 5.94. The van der Waals surface area contributed by atoms with Crippen LogP contribution in [0.25, 0.3) is 11.5 Å². The van der Waals surface area contributed by atoms with E-state index in [1.54, 1.807) is 18.1 Å². The Morgan fingerprint density at radius 3 is 2.92 bits per heavy atom. The molecule has 1 atom stereocenters. The van der Waals surface area contributed by atoms with Gasteiger partial charge < -0.3 is 18.8 Å². The summed E-state index contributed by atoms with van der Waals surface area (Å²) in [5, 5.41) is 8.17. The first-order valence-corrected chi connectivity index (χ1v) is 7.96. The summed E-state index contributed by atoms with van der Waals surface area (Å²) in [4.78, 5) is 25.2. The van der Waals surface area contributed by atoms with Crippen LogP contribution in [0.1, 0.15) is 31.2 Å². The van der Waals surface area contributed by atoms with Crippen LogP contribution in [-0.4, -0.2) is 47.7 Å². The highest BCUT2D eigenvalue weighted by atomic mass is 16.5. The molecule has 0 saturated carbocycles. The lowest BCUT2D eigenvalue weighted by molar-refractivity contribution is -0.147. The van der Waals surface area contributed by atoms with E-state index in [4.69, 9.17) is 9.15 Å². The molecule has 1 saturated heterocycles. The molecule has 1 aromatic carbocycles. The van der Waals surface area contributed by atoms with Crippen molar-refractivity contribution in [3.63, 3.8) is 0 Å². The number of nitrogens with zero attached hydrogens (tertiary/aromatic N) is 3. The Morgan fingerprint density at radius 2 is 2.16 bits per heavy atom. The summed E-state index contributed by atoms with van der Waals surface area (Å²) in [6.45, 7) is 0.553. The molecule has 3 rings (SSSR count). The van der Waals surface area contributed by atoms with Crippen molar-refractivity contribution in [1.29, 1.82) is 0 Å². The van der Waals surface area contributed by atoms with Crippen molar-refractivity contribution < 1.29 is 23.5 Å². The monoisotopic (exact) mass is 345 g/mol. The first-order valence-electron chi connectivity index (χ1n) is 7.96. The smallest absolute Gasteiger partial charge is 0.315 e. The predicted molar refractivity (Wildman–Crippen MR) is 86.6 cm³/mol.